The summed E-state index contributed by atoms with van der Waals surface area (Å²) in [5.74, 6) is 0.150. The molecule has 6 heteroatoms. The second kappa shape index (κ2) is 8.37. The zero-order valence-electron chi connectivity index (χ0n) is 16.4. The number of amides is 1. The minimum absolute atomic E-state index is 0. The Morgan fingerprint density at radius 2 is 1.90 bits per heavy atom. The number of pyridine rings is 1. The molecule has 5 rings (SSSR count). The predicted molar refractivity (Wildman–Crippen MR) is 115 cm³/mol. The Labute approximate surface area is 177 Å². The van der Waals surface area contributed by atoms with E-state index in [2.05, 4.69) is 29.2 Å². The maximum absolute atomic E-state index is 13.4. The molecule has 2 aromatic heterocycles. The Morgan fingerprint density at radius 3 is 2.76 bits per heavy atom. The van der Waals surface area contributed by atoms with Crippen LogP contribution in [0.1, 0.15) is 40.0 Å². The average molecular weight is 409 g/mol. The lowest BCUT2D eigenvalue weighted by Crippen LogP contribution is -2.33. The van der Waals surface area contributed by atoms with Gasteiger partial charge in [-0.2, -0.15) is 5.10 Å². The molecule has 0 bridgehead atoms. The smallest absolute Gasteiger partial charge is 0.272 e. The normalized spacial score (nSPS) is 15.0. The lowest BCUT2D eigenvalue weighted by Gasteiger charge is -2.21. The van der Waals surface area contributed by atoms with Gasteiger partial charge in [-0.1, -0.05) is 30.3 Å². The fourth-order valence-corrected chi connectivity index (χ4v) is 4.47. The van der Waals surface area contributed by atoms with Crippen LogP contribution >= 0.6 is 12.4 Å². The van der Waals surface area contributed by atoms with Crippen LogP contribution in [0.2, 0.25) is 0 Å². The van der Waals surface area contributed by atoms with Gasteiger partial charge in [-0.15, -0.1) is 12.4 Å². The minimum Gasteiger partial charge on any atom is -0.337 e. The van der Waals surface area contributed by atoms with E-state index in [0.717, 1.165) is 74.3 Å². The van der Waals surface area contributed by atoms with E-state index in [9.17, 15) is 4.79 Å². The average Bonchev–Trinajstić information content (AvgIpc) is 3.04. The van der Waals surface area contributed by atoms with E-state index in [4.69, 9.17) is 5.10 Å². The molecule has 0 spiro atoms. The summed E-state index contributed by atoms with van der Waals surface area (Å²) in [4.78, 5) is 19.7. The molecule has 3 aromatic rings. The molecule has 0 atom stereocenters. The number of hydrogen-bond donors (Lipinski definition) is 0. The topological polar surface area (TPSA) is 51.0 Å². The number of carbonyl (C=O) groups excluding carboxylic acids is 1. The second-order valence-corrected chi connectivity index (χ2v) is 7.67. The maximum Gasteiger partial charge on any atom is 0.272 e. The number of rotatable bonds is 4. The van der Waals surface area contributed by atoms with Gasteiger partial charge in [0.2, 0.25) is 0 Å². The van der Waals surface area contributed by atoms with Gasteiger partial charge in [0.05, 0.1) is 5.69 Å². The van der Waals surface area contributed by atoms with Crippen LogP contribution in [0, 0.1) is 0 Å². The number of benzene rings is 1. The van der Waals surface area contributed by atoms with Crippen molar-refractivity contribution >= 4 is 18.3 Å². The summed E-state index contributed by atoms with van der Waals surface area (Å²) in [5.41, 5.74) is 6.62. The van der Waals surface area contributed by atoms with Gasteiger partial charge in [0, 0.05) is 43.2 Å². The van der Waals surface area contributed by atoms with E-state index < -0.39 is 0 Å². The van der Waals surface area contributed by atoms with Crippen LogP contribution in [-0.4, -0.2) is 38.7 Å². The Balaban J connectivity index is 0.00000205. The lowest BCUT2D eigenvalue weighted by atomic mass is 9.90. The molecule has 0 unspecified atom stereocenters. The van der Waals surface area contributed by atoms with E-state index >= 15 is 0 Å². The van der Waals surface area contributed by atoms with Gasteiger partial charge >= 0.3 is 0 Å². The van der Waals surface area contributed by atoms with Crippen LogP contribution in [0.4, 0.5) is 0 Å². The van der Waals surface area contributed by atoms with Crippen molar-refractivity contribution in [3.63, 3.8) is 0 Å². The molecule has 0 saturated carbocycles. The summed E-state index contributed by atoms with van der Waals surface area (Å²) in [6.07, 6.45) is 8.48. The van der Waals surface area contributed by atoms with Gasteiger partial charge in [-0.25, -0.2) is 0 Å². The Hall–Kier alpha value is -2.66. The Bertz CT molecular complexity index is 1010. The van der Waals surface area contributed by atoms with Crippen LogP contribution in [0.25, 0.3) is 11.3 Å². The zero-order chi connectivity index (χ0) is 18.9. The molecule has 1 aromatic carbocycles. The summed E-state index contributed by atoms with van der Waals surface area (Å²) in [6, 6.07) is 12.5. The first-order chi connectivity index (χ1) is 13.8. The molecule has 0 saturated heterocycles. The molecule has 150 valence electrons. The van der Waals surface area contributed by atoms with Crippen LogP contribution in [-0.2, 0) is 25.8 Å². The predicted octanol–water partition coefficient (Wildman–Crippen LogP) is 3.94. The van der Waals surface area contributed by atoms with E-state index in [1.54, 1.807) is 0 Å². The monoisotopic (exact) mass is 408 g/mol. The van der Waals surface area contributed by atoms with Gasteiger partial charge < -0.3 is 4.90 Å². The van der Waals surface area contributed by atoms with Crippen molar-refractivity contribution in [1.82, 2.24) is 19.7 Å². The standard InChI is InChI=1S/C23H24N4O.ClH/c28-23-22-20-10-9-18-16-24-12-11-19(18)21(20)25-27(22)15-5-14-26(23)13-4-8-17-6-2-1-3-7-17;/h1-3,6-7,11-12,16H,4-5,8-10,13-15H2;1H. The number of hydrogen-bond acceptors (Lipinski definition) is 3. The van der Waals surface area contributed by atoms with Crippen molar-refractivity contribution in [3.05, 3.63) is 71.2 Å². The second-order valence-electron chi connectivity index (χ2n) is 7.67. The van der Waals surface area contributed by atoms with E-state index in [0.29, 0.717) is 0 Å². The molecule has 3 heterocycles. The molecule has 5 nitrogen and oxygen atoms in total. The fourth-order valence-electron chi connectivity index (χ4n) is 4.47. The van der Waals surface area contributed by atoms with Crippen molar-refractivity contribution in [2.24, 2.45) is 0 Å². The van der Waals surface area contributed by atoms with Crippen molar-refractivity contribution in [2.75, 3.05) is 13.1 Å². The SMILES string of the molecule is Cl.O=C1c2c3c(nn2CCCN1CCCc1ccccc1)-c1ccncc1CC3. The van der Waals surface area contributed by atoms with Gasteiger partial charge in [0.15, 0.2) is 0 Å². The number of carbonyl (C=O) groups is 1. The third-order valence-corrected chi connectivity index (χ3v) is 5.88. The first-order valence-corrected chi connectivity index (χ1v) is 10.2. The number of aryl methyl sites for hydroxylation is 3. The van der Waals surface area contributed by atoms with E-state index in [1.165, 1.54) is 11.1 Å². The Morgan fingerprint density at radius 1 is 1.03 bits per heavy atom. The number of nitrogens with zero attached hydrogens (tertiary/aromatic N) is 4. The third kappa shape index (κ3) is 3.67. The fraction of sp³-hybridized carbons (Fsp3) is 0.348. The summed E-state index contributed by atoms with van der Waals surface area (Å²) >= 11 is 0. The molecule has 0 fully saturated rings. The highest BCUT2D eigenvalue weighted by atomic mass is 35.5. The molecule has 29 heavy (non-hydrogen) atoms. The number of aromatic nitrogens is 3. The summed E-state index contributed by atoms with van der Waals surface area (Å²) in [6.45, 7) is 2.42. The quantitative estimate of drug-likeness (QED) is 0.656. The molecule has 0 N–H and O–H groups in total. The summed E-state index contributed by atoms with van der Waals surface area (Å²) in [7, 11) is 0. The highest BCUT2D eigenvalue weighted by Crippen LogP contribution is 2.35. The maximum atomic E-state index is 13.4. The first-order valence-electron chi connectivity index (χ1n) is 10.2. The number of halogens is 1. The molecular weight excluding hydrogens is 384 g/mol. The first kappa shape index (κ1) is 19.6. The third-order valence-electron chi connectivity index (χ3n) is 5.88. The molecular formula is C23H25ClN4O. The van der Waals surface area contributed by atoms with Crippen LogP contribution in [0.3, 0.4) is 0 Å². The van der Waals surface area contributed by atoms with Crippen molar-refractivity contribution in [1.29, 1.82) is 0 Å². The van der Waals surface area contributed by atoms with Gasteiger partial charge in [-0.3, -0.25) is 14.5 Å². The van der Waals surface area contributed by atoms with Gasteiger partial charge in [-0.05, 0) is 49.3 Å². The zero-order valence-corrected chi connectivity index (χ0v) is 17.2. The van der Waals surface area contributed by atoms with Gasteiger partial charge in [0.1, 0.15) is 5.69 Å². The van der Waals surface area contributed by atoms with Crippen molar-refractivity contribution in [3.8, 4) is 11.3 Å². The van der Waals surface area contributed by atoms with E-state index in [1.807, 2.05) is 34.1 Å². The molecule has 1 aliphatic carbocycles. The number of fused-ring (bicyclic) bond motifs is 5. The lowest BCUT2D eigenvalue weighted by molar-refractivity contribution is 0.0754. The van der Waals surface area contributed by atoms with Crippen molar-refractivity contribution < 1.29 is 4.79 Å². The highest BCUT2D eigenvalue weighted by Gasteiger charge is 2.32. The van der Waals surface area contributed by atoms with Crippen LogP contribution < -0.4 is 0 Å². The summed E-state index contributed by atoms with van der Waals surface area (Å²) < 4.78 is 1.96. The largest absolute Gasteiger partial charge is 0.337 e. The van der Waals surface area contributed by atoms with Crippen LogP contribution in [0.15, 0.2) is 48.8 Å². The van der Waals surface area contributed by atoms with E-state index in [-0.39, 0.29) is 18.3 Å². The van der Waals surface area contributed by atoms with Gasteiger partial charge in [0.25, 0.3) is 5.91 Å². The minimum atomic E-state index is 0. The Kier molecular flexibility index (Phi) is 5.67. The molecule has 0 radical (unpaired) electrons. The molecule has 1 aliphatic heterocycles. The van der Waals surface area contributed by atoms with Crippen LogP contribution in [0.5, 0.6) is 0 Å². The molecule has 2 aliphatic rings. The highest BCUT2D eigenvalue weighted by molar-refractivity contribution is 5.96. The molecule has 1 amide bonds. The van der Waals surface area contributed by atoms with Crippen molar-refractivity contribution in [2.45, 2.75) is 38.6 Å². The summed E-state index contributed by atoms with van der Waals surface area (Å²) in [5, 5.41) is 4.85.